The van der Waals surface area contributed by atoms with E-state index in [0.717, 1.165) is 27.1 Å². The normalized spacial score (nSPS) is 11.5. The van der Waals surface area contributed by atoms with Crippen molar-refractivity contribution in [1.82, 2.24) is 23.1 Å². The van der Waals surface area contributed by atoms with Crippen molar-refractivity contribution < 1.29 is 9.53 Å². The largest absolute Gasteiger partial charge is 0.468 e. The molecule has 0 aliphatic carbocycles. The number of benzene rings is 1. The quantitative estimate of drug-likeness (QED) is 0.487. The average Bonchev–Trinajstić information content (AvgIpc) is 3.20. The van der Waals surface area contributed by atoms with Crippen molar-refractivity contribution in [3.63, 3.8) is 0 Å². The van der Waals surface area contributed by atoms with E-state index in [0.29, 0.717) is 5.78 Å². The van der Waals surface area contributed by atoms with Crippen LogP contribution in [0.1, 0.15) is 16.8 Å². The number of hydrogen-bond donors (Lipinski definition) is 0. The van der Waals surface area contributed by atoms with Gasteiger partial charge in [-0.2, -0.15) is 4.98 Å². The van der Waals surface area contributed by atoms with Gasteiger partial charge in [-0.15, -0.1) is 0 Å². The lowest BCUT2D eigenvalue weighted by atomic mass is 10.1. The van der Waals surface area contributed by atoms with Gasteiger partial charge in [0.1, 0.15) is 6.54 Å². The van der Waals surface area contributed by atoms with Crippen LogP contribution in [-0.2, 0) is 23.1 Å². The molecule has 0 saturated heterocycles. The molecule has 3 aromatic heterocycles. The van der Waals surface area contributed by atoms with Gasteiger partial charge in [0, 0.05) is 18.9 Å². The highest BCUT2D eigenvalue weighted by Gasteiger charge is 2.22. The molecule has 0 unspecified atom stereocenters. The van der Waals surface area contributed by atoms with Crippen LogP contribution in [-0.4, -0.2) is 36.2 Å². The molecule has 0 atom stereocenters. The topological polar surface area (TPSA) is 92.5 Å². The van der Waals surface area contributed by atoms with Crippen LogP contribution in [0.3, 0.4) is 0 Å². The average molecular weight is 395 g/mol. The van der Waals surface area contributed by atoms with E-state index in [4.69, 9.17) is 0 Å². The van der Waals surface area contributed by atoms with Crippen LogP contribution in [0.5, 0.6) is 0 Å². The van der Waals surface area contributed by atoms with Crippen LogP contribution in [0.15, 0.2) is 34.0 Å². The highest BCUT2D eigenvalue weighted by molar-refractivity contribution is 5.77. The van der Waals surface area contributed by atoms with Crippen molar-refractivity contribution in [1.29, 1.82) is 0 Å². The number of carbonyl (C=O) groups is 1. The molecule has 0 N–H and O–H groups in total. The molecule has 0 radical (unpaired) electrons. The van der Waals surface area contributed by atoms with Crippen LogP contribution < -0.4 is 11.2 Å². The van der Waals surface area contributed by atoms with Gasteiger partial charge in [0.15, 0.2) is 11.2 Å². The molecule has 3 heterocycles. The van der Waals surface area contributed by atoms with E-state index in [1.807, 2.05) is 43.5 Å². The third-order valence-corrected chi connectivity index (χ3v) is 5.36. The molecule has 0 saturated carbocycles. The van der Waals surface area contributed by atoms with Gasteiger partial charge in [-0.1, -0.05) is 12.1 Å². The van der Waals surface area contributed by atoms with Crippen LogP contribution >= 0.6 is 0 Å². The number of carbonyl (C=O) groups excluding carboxylic acids is 1. The molecule has 0 spiro atoms. The van der Waals surface area contributed by atoms with E-state index in [1.165, 1.54) is 18.7 Å². The van der Waals surface area contributed by atoms with Crippen LogP contribution in [0, 0.1) is 20.8 Å². The zero-order valence-electron chi connectivity index (χ0n) is 16.9. The number of fused-ring (bicyclic) bond motifs is 3. The Morgan fingerprint density at radius 3 is 2.59 bits per heavy atom. The van der Waals surface area contributed by atoms with E-state index in [9.17, 15) is 14.4 Å². The Balaban J connectivity index is 2.11. The molecule has 9 heteroatoms. The van der Waals surface area contributed by atoms with E-state index < -0.39 is 23.8 Å². The minimum atomic E-state index is -0.673. The minimum absolute atomic E-state index is 0.234. The van der Waals surface area contributed by atoms with Crippen LogP contribution in [0.4, 0.5) is 0 Å². The summed E-state index contributed by atoms with van der Waals surface area (Å²) in [6.07, 6.45) is 1.81. The molecule has 0 amide bonds. The van der Waals surface area contributed by atoms with Gasteiger partial charge in [-0.05, 0) is 38.0 Å². The minimum Gasteiger partial charge on any atom is -0.468 e. The molecule has 9 nitrogen and oxygen atoms in total. The van der Waals surface area contributed by atoms with Gasteiger partial charge in [0.2, 0.25) is 5.78 Å². The fourth-order valence-electron chi connectivity index (χ4n) is 3.62. The lowest BCUT2D eigenvalue weighted by Crippen LogP contribution is -2.41. The molecule has 0 fully saturated rings. The van der Waals surface area contributed by atoms with Gasteiger partial charge in [0.25, 0.3) is 5.56 Å². The van der Waals surface area contributed by atoms with Gasteiger partial charge < -0.3 is 4.74 Å². The maximum atomic E-state index is 13.1. The van der Waals surface area contributed by atoms with Crippen molar-refractivity contribution in [2.24, 2.45) is 7.05 Å². The molecular formula is C20H21N5O4. The van der Waals surface area contributed by atoms with Gasteiger partial charge >= 0.3 is 11.7 Å². The first kappa shape index (κ1) is 18.7. The number of imidazole rings is 2. The summed E-state index contributed by atoms with van der Waals surface area (Å²) in [5, 5.41) is 0. The third-order valence-electron chi connectivity index (χ3n) is 5.36. The highest BCUT2D eigenvalue weighted by Crippen LogP contribution is 2.24. The molecule has 0 bridgehead atoms. The molecule has 1 aromatic carbocycles. The second kappa shape index (κ2) is 6.47. The second-order valence-corrected chi connectivity index (χ2v) is 7.09. The van der Waals surface area contributed by atoms with E-state index >= 15 is 0 Å². The van der Waals surface area contributed by atoms with Crippen LogP contribution in [0.2, 0.25) is 0 Å². The number of rotatable bonds is 3. The standard InChI is InChI=1S/C20H21N5O4/c1-11-7-6-8-14(13(11)3)25-12(2)9-23-16-17(21-19(23)25)22(4)20(28)24(18(16)27)10-15(26)29-5/h6-9H,10H2,1-5H3. The van der Waals surface area contributed by atoms with Crippen molar-refractivity contribution >= 4 is 22.9 Å². The fraction of sp³-hybridized carbons (Fsp3) is 0.300. The van der Waals surface area contributed by atoms with Crippen molar-refractivity contribution in [2.45, 2.75) is 27.3 Å². The molecular weight excluding hydrogens is 374 g/mol. The smallest absolute Gasteiger partial charge is 0.333 e. The number of aryl methyl sites for hydroxylation is 3. The van der Waals surface area contributed by atoms with Crippen molar-refractivity contribution in [3.8, 4) is 5.69 Å². The predicted molar refractivity (Wildman–Crippen MR) is 108 cm³/mol. The van der Waals surface area contributed by atoms with Gasteiger partial charge in [-0.25, -0.2) is 9.36 Å². The Kier molecular flexibility index (Phi) is 4.18. The number of nitrogens with zero attached hydrogens (tertiary/aromatic N) is 5. The maximum absolute atomic E-state index is 13.1. The Labute approximate surface area is 165 Å². The summed E-state index contributed by atoms with van der Waals surface area (Å²) < 4.78 is 10.4. The first-order valence-electron chi connectivity index (χ1n) is 9.09. The molecule has 150 valence electrons. The van der Waals surface area contributed by atoms with E-state index in [1.54, 1.807) is 10.6 Å². The van der Waals surface area contributed by atoms with E-state index in [-0.39, 0.29) is 11.2 Å². The fourth-order valence-corrected chi connectivity index (χ4v) is 3.62. The molecule has 29 heavy (non-hydrogen) atoms. The number of methoxy groups -OCH3 is 1. The molecule has 4 rings (SSSR count). The summed E-state index contributed by atoms with van der Waals surface area (Å²) in [6.45, 7) is 5.54. The highest BCUT2D eigenvalue weighted by atomic mass is 16.5. The SMILES string of the molecule is COC(=O)Cn1c(=O)c2c(nc3n(-c4cccc(C)c4C)c(C)cn23)n(C)c1=O. The third kappa shape index (κ3) is 2.61. The Hall–Kier alpha value is -3.62. The summed E-state index contributed by atoms with van der Waals surface area (Å²) >= 11 is 0. The van der Waals surface area contributed by atoms with Crippen molar-refractivity contribution in [3.05, 3.63) is 62.1 Å². The number of aromatic nitrogens is 5. The predicted octanol–water partition coefficient (Wildman–Crippen LogP) is 1.24. The summed E-state index contributed by atoms with van der Waals surface area (Å²) in [7, 11) is 2.74. The monoisotopic (exact) mass is 395 g/mol. The Morgan fingerprint density at radius 1 is 1.17 bits per heavy atom. The molecule has 0 aliphatic rings. The summed E-state index contributed by atoms with van der Waals surface area (Å²) in [6, 6.07) is 5.99. The summed E-state index contributed by atoms with van der Waals surface area (Å²) in [4.78, 5) is 42.0. The molecule has 4 aromatic rings. The van der Waals surface area contributed by atoms with E-state index in [2.05, 4.69) is 9.72 Å². The van der Waals surface area contributed by atoms with Crippen LogP contribution in [0.25, 0.3) is 22.6 Å². The first-order valence-corrected chi connectivity index (χ1v) is 9.09. The number of esters is 1. The van der Waals surface area contributed by atoms with Gasteiger partial charge in [-0.3, -0.25) is 23.1 Å². The zero-order chi connectivity index (χ0) is 21.0. The van der Waals surface area contributed by atoms with Crippen molar-refractivity contribution in [2.75, 3.05) is 7.11 Å². The first-order chi connectivity index (χ1) is 13.8. The molecule has 0 aliphatic heterocycles. The van der Waals surface area contributed by atoms with Gasteiger partial charge in [0.05, 0.1) is 12.8 Å². The Bertz CT molecular complexity index is 1420. The number of hydrogen-bond acceptors (Lipinski definition) is 5. The maximum Gasteiger partial charge on any atom is 0.333 e. The summed E-state index contributed by atoms with van der Waals surface area (Å²) in [5.41, 5.74) is 3.36. The summed E-state index contributed by atoms with van der Waals surface area (Å²) in [5.74, 6) is -0.150. The lowest BCUT2D eigenvalue weighted by molar-refractivity contribution is -0.141. The number of ether oxygens (including phenoxy) is 1. The zero-order valence-corrected chi connectivity index (χ0v) is 16.9. The second-order valence-electron chi connectivity index (χ2n) is 7.09. The Morgan fingerprint density at radius 2 is 1.90 bits per heavy atom. The lowest BCUT2D eigenvalue weighted by Gasteiger charge is -2.11.